The number of anilines is 10. The van der Waals surface area contributed by atoms with Gasteiger partial charge in [-0.1, -0.05) is 18.2 Å². The van der Waals surface area contributed by atoms with E-state index in [9.17, 15) is 34.1 Å². The van der Waals surface area contributed by atoms with Crippen molar-refractivity contribution in [2.75, 3.05) is 68.5 Å². The van der Waals surface area contributed by atoms with Crippen LogP contribution in [0.3, 0.4) is 0 Å². The Kier molecular flexibility index (Phi) is 19.3. The Hall–Kier alpha value is -10.4. The maximum absolute atomic E-state index is 12.1. The van der Waals surface area contributed by atoms with Crippen LogP contribution >= 0.6 is 0 Å². The van der Waals surface area contributed by atoms with E-state index in [0.29, 0.717) is 56.6 Å². The second-order valence-electron chi connectivity index (χ2n) is 15.9. The molecule has 0 radical (unpaired) electrons. The highest BCUT2D eigenvalue weighted by Crippen LogP contribution is 2.19. The van der Waals surface area contributed by atoms with Gasteiger partial charge in [0.1, 0.15) is 5.69 Å². The normalized spacial score (nSPS) is 9.90. The summed E-state index contributed by atoms with van der Waals surface area (Å²) in [5, 5.41) is 24.2. The van der Waals surface area contributed by atoms with Gasteiger partial charge in [-0.15, -0.1) is 0 Å². The van der Waals surface area contributed by atoms with Crippen molar-refractivity contribution in [2.24, 2.45) is 0 Å². The molecule has 0 unspecified atom stereocenters. The Bertz CT molecular complexity index is 3130. The summed E-state index contributed by atoms with van der Waals surface area (Å²) < 4.78 is 0. The minimum Gasteiger partial charge on any atom is -0.399 e. The molecule has 8 rings (SSSR count). The second kappa shape index (κ2) is 26.4. The van der Waals surface area contributed by atoms with Crippen LogP contribution in [0.2, 0.25) is 0 Å². The molecular formula is C54H54N12O7. The molecule has 0 saturated heterocycles. The fourth-order valence-electron chi connectivity index (χ4n) is 6.17. The Morgan fingerprint density at radius 3 is 1.22 bits per heavy atom. The first-order valence-corrected chi connectivity index (χ1v) is 22.1. The van der Waals surface area contributed by atoms with Gasteiger partial charge in [-0.3, -0.25) is 34.1 Å². The zero-order valence-electron chi connectivity index (χ0n) is 40.0. The molecule has 14 N–H and O–H groups in total. The Balaban J connectivity index is 0.000000181. The largest absolute Gasteiger partial charge is 0.399 e. The molecule has 0 aliphatic heterocycles. The van der Waals surface area contributed by atoms with Crippen LogP contribution in [0.5, 0.6) is 0 Å². The van der Waals surface area contributed by atoms with Gasteiger partial charge in [0.2, 0.25) is 5.91 Å². The summed E-state index contributed by atoms with van der Waals surface area (Å²) >= 11 is 0. The van der Waals surface area contributed by atoms with Crippen LogP contribution in [-0.2, 0) is 4.79 Å². The standard InChI is InChI=1S/C15H15N3O2.C15H17N3O.C13H11N3O3.C11H11N3O/c1-10(19)17-14-4-2-3-11(9-14)15(20)18-13-7-5-12(16)6-8-13;1-18(2)14-5-3-4-11(10-14)15(19)17-13-8-6-12(16)7-9-13;14-10-4-6-11(7-5-10)15-13(17)9-2-1-3-12(8-9)16(18)19;12-8-3-5-9(6-4-8)14-11(15)10-2-1-7-13-10/h2-9H,16H2,1H3,(H,17,19)(H,18,20);3-10H,16H2,1-2H3,(H,17,19);1-8H,14H2,(H,15,17);1-7,13H,12H2,(H,14,15). The summed E-state index contributed by atoms with van der Waals surface area (Å²) in [6.45, 7) is 1.42. The number of nitrogens with two attached hydrogens (primary N) is 4. The van der Waals surface area contributed by atoms with E-state index in [1.54, 1.807) is 146 Å². The smallest absolute Gasteiger partial charge is 0.272 e. The molecule has 0 atom stereocenters. The van der Waals surface area contributed by atoms with Gasteiger partial charge in [0.05, 0.1) is 4.92 Å². The first-order chi connectivity index (χ1) is 34.9. The second-order valence-corrected chi connectivity index (χ2v) is 15.9. The molecule has 19 nitrogen and oxygen atoms in total. The minimum absolute atomic E-state index is 0.120. The van der Waals surface area contributed by atoms with E-state index in [2.05, 4.69) is 31.6 Å². The third kappa shape index (κ3) is 17.9. The summed E-state index contributed by atoms with van der Waals surface area (Å²) in [7, 11) is 3.88. The van der Waals surface area contributed by atoms with Crippen molar-refractivity contribution < 1.29 is 28.9 Å². The van der Waals surface area contributed by atoms with Crippen LogP contribution in [0, 0.1) is 10.1 Å². The zero-order chi connectivity index (χ0) is 52.9. The predicted molar refractivity (Wildman–Crippen MR) is 291 cm³/mol. The first-order valence-electron chi connectivity index (χ1n) is 22.1. The van der Waals surface area contributed by atoms with Gasteiger partial charge in [-0.25, -0.2) is 0 Å². The van der Waals surface area contributed by atoms with Crippen molar-refractivity contribution in [1.82, 2.24) is 4.98 Å². The van der Waals surface area contributed by atoms with Gasteiger partial charge in [0.25, 0.3) is 29.3 Å². The summed E-state index contributed by atoms with van der Waals surface area (Å²) in [4.78, 5) is 73.6. The molecule has 1 aromatic heterocycles. The van der Waals surface area contributed by atoms with E-state index in [0.717, 1.165) is 17.1 Å². The molecule has 372 valence electrons. The van der Waals surface area contributed by atoms with Crippen LogP contribution in [0.4, 0.5) is 62.6 Å². The lowest BCUT2D eigenvalue weighted by Gasteiger charge is -2.13. The molecule has 73 heavy (non-hydrogen) atoms. The maximum Gasteiger partial charge on any atom is 0.272 e. The van der Waals surface area contributed by atoms with Gasteiger partial charge in [0.15, 0.2) is 0 Å². The molecule has 0 aliphatic rings. The number of hydrogen-bond acceptors (Lipinski definition) is 12. The zero-order valence-corrected chi connectivity index (χ0v) is 40.0. The topological polar surface area (TPSA) is 312 Å². The molecule has 0 aliphatic carbocycles. The van der Waals surface area contributed by atoms with Crippen molar-refractivity contribution in [3.63, 3.8) is 0 Å². The Morgan fingerprint density at radius 2 is 0.836 bits per heavy atom. The molecule has 0 spiro atoms. The highest BCUT2D eigenvalue weighted by Gasteiger charge is 2.13. The summed E-state index contributed by atoms with van der Waals surface area (Å²) in [5.74, 6) is -1.13. The van der Waals surface area contributed by atoms with E-state index in [-0.39, 0.29) is 34.9 Å². The number of aromatic amines is 1. The van der Waals surface area contributed by atoms with E-state index in [1.165, 1.54) is 31.2 Å². The van der Waals surface area contributed by atoms with E-state index >= 15 is 0 Å². The number of non-ortho nitro benzene ring substituents is 1. The molecule has 8 aromatic rings. The van der Waals surface area contributed by atoms with E-state index in [4.69, 9.17) is 22.9 Å². The lowest BCUT2D eigenvalue weighted by Crippen LogP contribution is -2.14. The lowest BCUT2D eigenvalue weighted by atomic mass is 10.1. The maximum atomic E-state index is 12.1. The Labute approximate surface area is 420 Å². The SMILES string of the molecule is CC(=O)Nc1cccc(C(=O)Nc2ccc(N)cc2)c1.CN(C)c1cccc(C(=O)Nc2ccc(N)cc2)c1.Nc1ccc(NC(=O)c2ccc[nH]2)cc1.Nc1ccc(NC(=O)c2cccc([N+](=O)[O-])c2)cc1. The number of nitrogens with one attached hydrogen (secondary N) is 6. The number of nitro groups is 1. The van der Waals surface area contributed by atoms with Crippen molar-refractivity contribution in [3.05, 3.63) is 221 Å². The number of nitrogens with zero attached hydrogens (tertiary/aromatic N) is 2. The minimum atomic E-state index is -0.542. The lowest BCUT2D eigenvalue weighted by molar-refractivity contribution is -0.384. The molecule has 0 saturated carbocycles. The van der Waals surface area contributed by atoms with Gasteiger partial charge >= 0.3 is 0 Å². The Morgan fingerprint density at radius 1 is 0.452 bits per heavy atom. The summed E-state index contributed by atoms with van der Waals surface area (Å²) in [6.07, 6.45) is 1.71. The molecule has 5 amide bonds. The van der Waals surface area contributed by atoms with E-state index < -0.39 is 10.8 Å². The number of rotatable bonds is 11. The monoisotopic (exact) mass is 982 g/mol. The number of H-pyrrole nitrogens is 1. The quantitative estimate of drug-likeness (QED) is 0.0329. The third-order valence-corrected chi connectivity index (χ3v) is 9.91. The number of carbonyl (C=O) groups excluding carboxylic acids is 5. The van der Waals surface area contributed by atoms with Crippen molar-refractivity contribution in [1.29, 1.82) is 0 Å². The van der Waals surface area contributed by atoms with E-state index in [1.807, 2.05) is 37.2 Å². The third-order valence-electron chi connectivity index (χ3n) is 9.91. The number of nitrogen functional groups attached to an aromatic ring is 4. The molecule has 0 fully saturated rings. The van der Waals surface area contributed by atoms with Crippen LogP contribution < -0.4 is 54.4 Å². The average Bonchev–Trinajstić information content (AvgIpc) is 3.93. The van der Waals surface area contributed by atoms with Crippen LogP contribution in [0.25, 0.3) is 0 Å². The fraction of sp³-hybridized carbons (Fsp3) is 0.0556. The number of hydrogen-bond donors (Lipinski definition) is 10. The van der Waals surface area contributed by atoms with Gasteiger partial charge in [-0.05, 0) is 152 Å². The summed E-state index contributed by atoms with van der Waals surface area (Å²) in [6, 6.07) is 50.8. The number of aromatic nitrogens is 1. The highest BCUT2D eigenvalue weighted by molar-refractivity contribution is 6.07. The fourth-order valence-corrected chi connectivity index (χ4v) is 6.17. The average molecular weight is 983 g/mol. The first kappa shape index (κ1) is 53.5. The van der Waals surface area contributed by atoms with Crippen LogP contribution in [0.15, 0.2) is 188 Å². The summed E-state index contributed by atoms with van der Waals surface area (Å²) in [5.41, 5.74) is 30.8. The van der Waals surface area contributed by atoms with Crippen molar-refractivity contribution in [2.45, 2.75) is 6.92 Å². The number of nitro benzene ring substituents is 1. The molecule has 19 heteroatoms. The van der Waals surface area contributed by atoms with Crippen molar-refractivity contribution in [3.8, 4) is 0 Å². The molecule has 0 bridgehead atoms. The molecule has 1 heterocycles. The predicted octanol–water partition coefficient (Wildman–Crippen LogP) is 9.35. The number of benzene rings is 7. The number of amides is 5. The molecular weight excluding hydrogens is 929 g/mol. The van der Waals surface area contributed by atoms with Crippen LogP contribution in [0.1, 0.15) is 48.5 Å². The molecule has 7 aromatic carbocycles. The van der Waals surface area contributed by atoms with Gasteiger partial charge in [0, 0.05) is 113 Å². The number of carbonyl (C=O) groups is 5. The van der Waals surface area contributed by atoms with Crippen LogP contribution in [-0.4, -0.2) is 53.5 Å². The van der Waals surface area contributed by atoms with Gasteiger partial charge < -0.3 is 59.4 Å². The van der Waals surface area contributed by atoms with Crippen molar-refractivity contribution >= 4 is 92.1 Å². The highest BCUT2D eigenvalue weighted by atomic mass is 16.6. The van der Waals surface area contributed by atoms with Gasteiger partial charge in [-0.2, -0.15) is 0 Å².